The Morgan fingerprint density at radius 3 is 2.48 bits per heavy atom. The van der Waals surface area contributed by atoms with Crippen molar-refractivity contribution < 1.29 is 9.53 Å². The maximum absolute atomic E-state index is 11.6. The van der Waals surface area contributed by atoms with E-state index in [1.807, 2.05) is 6.92 Å². The van der Waals surface area contributed by atoms with Crippen LogP contribution < -0.4 is 16.0 Å². The number of carbonyl (C=O) groups excluding carboxylic acids is 1. The van der Waals surface area contributed by atoms with Crippen LogP contribution in [0.25, 0.3) is 0 Å². The molecular formula is C16H33IN4O2. The van der Waals surface area contributed by atoms with Gasteiger partial charge in [0.15, 0.2) is 5.96 Å². The summed E-state index contributed by atoms with van der Waals surface area (Å²) in [5, 5.41) is 9.51. The van der Waals surface area contributed by atoms with E-state index in [0.717, 1.165) is 38.3 Å². The lowest BCUT2D eigenvalue weighted by Gasteiger charge is -2.17. The molecule has 0 aliphatic heterocycles. The highest BCUT2D eigenvalue weighted by Crippen LogP contribution is 2.32. The molecule has 1 aliphatic rings. The zero-order chi connectivity index (χ0) is 16.4. The number of alkyl carbamates (subject to hydrolysis) is 1. The summed E-state index contributed by atoms with van der Waals surface area (Å²) in [4.78, 5) is 16.2. The summed E-state index contributed by atoms with van der Waals surface area (Å²) in [6.45, 7) is 11.0. The Morgan fingerprint density at radius 1 is 1.26 bits per heavy atom. The SMILES string of the molecule is CCNC(=NCC(NC(=O)OCC)C1CC1)NCCC(C)C.I. The fraction of sp³-hybridized carbons (Fsp3) is 0.875. The first-order chi connectivity index (χ1) is 10.6. The van der Waals surface area contributed by atoms with E-state index in [2.05, 4.69) is 41.7 Å². The van der Waals surface area contributed by atoms with Crippen LogP contribution in [0.2, 0.25) is 0 Å². The number of ether oxygens (including phenoxy) is 1. The van der Waals surface area contributed by atoms with Crippen LogP contribution in [0, 0.1) is 11.8 Å². The van der Waals surface area contributed by atoms with Gasteiger partial charge in [0.25, 0.3) is 0 Å². The third kappa shape index (κ3) is 10.6. The molecule has 1 fully saturated rings. The van der Waals surface area contributed by atoms with E-state index in [0.29, 0.717) is 25.0 Å². The first-order valence-corrected chi connectivity index (χ1v) is 8.52. The normalized spacial score (nSPS) is 15.6. The molecule has 136 valence electrons. The van der Waals surface area contributed by atoms with Gasteiger partial charge in [0.2, 0.25) is 0 Å². The van der Waals surface area contributed by atoms with Gasteiger partial charge in [-0.25, -0.2) is 4.79 Å². The quantitative estimate of drug-likeness (QED) is 0.293. The number of carbonyl (C=O) groups is 1. The molecule has 0 radical (unpaired) electrons. The van der Waals surface area contributed by atoms with Gasteiger partial charge >= 0.3 is 6.09 Å². The van der Waals surface area contributed by atoms with Crippen molar-refractivity contribution >= 4 is 36.0 Å². The zero-order valence-corrected chi connectivity index (χ0v) is 17.2. The van der Waals surface area contributed by atoms with Gasteiger partial charge in [-0.2, -0.15) is 0 Å². The average Bonchev–Trinajstić information content (AvgIpc) is 3.27. The minimum absolute atomic E-state index is 0. The van der Waals surface area contributed by atoms with Crippen LogP contribution in [0.4, 0.5) is 4.79 Å². The van der Waals surface area contributed by atoms with Crippen LogP contribution in [0.5, 0.6) is 0 Å². The monoisotopic (exact) mass is 440 g/mol. The summed E-state index contributed by atoms with van der Waals surface area (Å²) in [6.07, 6.45) is 3.08. The van der Waals surface area contributed by atoms with E-state index >= 15 is 0 Å². The minimum atomic E-state index is -0.340. The molecule has 1 amide bonds. The summed E-state index contributed by atoms with van der Waals surface area (Å²) < 4.78 is 4.97. The largest absolute Gasteiger partial charge is 0.450 e. The van der Waals surface area contributed by atoms with E-state index in [4.69, 9.17) is 4.74 Å². The number of nitrogens with one attached hydrogen (secondary N) is 3. The molecule has 3 N–H and O–H groups in total. The third-order valence-electron chi connectivity index (χ3n) is 3.57. The van der Waals surface area contributed by atoms with Crippen LogP contribution in [0.1, 0.15) is 47.0 Å². The number of hydrogen-bond donors (Lipinski definition) is 3. The molecule has 0 aromatic carbocycles. The zero-order valence-electron chi connectivity index (χ0n) is 14.9. The summed E-state index contributed by atoms with van der Waals surface area (Å²) in [5.74, 6) is 2.02. The molecule has 0 saturated heterocycles. The van der Waals surface area contributed by atoms with Gasteiger partial charge in [0, 0.05) is 13.1 Å². The number of nitrogens with zero attached hydrogens (tertiary/aromatic N) is 1. The third-order valence-corrected chi connectivity index (χ3v) is 3.57. The van der Waals surface area contributed by atoms with E-state index < -0.39 is 0 Å². The van der Waals surface area contributed by atoms with Gasteiger partial charge in [-0.3, -0.25) is 4.99 Å². The van der Waals surface area contributed by atoms with Crippen LogP contribution in [-0.2, 0) is 4.74 Å². The van der Waals surface area contributed by atoms with Gasteiger partial charge < -0.3 is 20.7 Å². The van der Waals surface area contributed by atoms with Crippen LogP contribution in [0.3, 0.4) is 0 Å². The maximum atomic E-state index is 11.6. The second kappa shape index (κ2) is 12.7. The van der Waals surface area contributed by atoms with Crippen LogP contribution in [-0.4, -0.2) is 44.3 Å². The Labute approximate surface area is 157 Å². The number of aliphatic imine (C=N–C) groups is 1. The molecule has 1 rings (SSSR count). The van der Waals surface area contributed by atoms with Crippen molar-refractivity contribution in [2.75, 3.05) is 26.2 Å². The Kier molecular flexibility index (Phi) is 12.3. The lowest BCUT2D eigenvalue weighted by Crippen LogP contribution is -2.42. The number of rotatable bonds is 9. The van der Waals surface area contributed by atoms with Gasteiger partial charge in [-0.05, 0) is 44.9 Å². The lowest BCUT2D eigenvalue weighted by atomic mass is 10.1. The first kappa shape index (κ1) is 22.3. The van der Waals surface area contributed by atoms with Crippen LogP contribution >= 0.6 is 24.0 Å². The van der Waals surface area contributed by atoms with Crippen LogP contribution in [0.15, 0.2) is 4.99 Å². The molecule has 23 heavy (non-hydrogen) atoms. The fourth-order valence-corrected chi connectivity index (χ4v) is 2.15. The predicted octanol–water partition coefficient (Wildman–Crippen LogP) is 2.73. The Morgan fingerprint density at radius 2 is 1.96 bits per heavy atom. The van der Waals surface area contributed by atoms with Crippen molar-refractivity contribution in [3.8, 4) is 0 Å². The molecule has 0 heterocycles. The Balaban J connectivity index is 0.00000484. The van der Waals surface area contributed by atoms with E-state index in [-0.39, 0.29) is 36.1 Å². The Hall–Kier alpha value is -0.730. The highest BCUT2D eigenvalue weighted by Gasteiger charge is 2.32. The summed E-state index contributed by atoms with van der Waals surface area (Å²) >= 11 is 0. The van der Waals surface area contributed by atoms with Crippen molar-refractivity contribution in [3.63, 3.8) is 0 Å². The Bertz CT molecular complexity index is 360. The fourth-order valence-electron chi connectivity index (χ4n) is 2.15. The van der Waals surface area contributed by atoms with Crippen molar-refractivity contribution in [1.82, 2.24) is 16.0 Å². The van der Waals surface area contributed by atoms with E-state index in [9.17, 15) is 4.79 Å². The molecule has 6 nitrogen and oxygen atoms in total. The van der Waals surface area contributed by atoms with Gasteiger partial charge in [0.1, 0.15) is 0 Å². The second-order valence-corrected chi connectivity index (χ2v) is 6.14. The van der Waals surface area contributed by atoms with Gasteiger partial charge in [-0.15, -0.1) is 24.0 Å². The minimum Gasteiger partial charge on any atom is -0.450 e. The summed E-state index contributed by atoms with van der Waals surface area (Å²) in [6, 6.07) is 0.0691. The second-order valence-electron chi connectivity index (χ2n) is 6.14. The van der Waals surface area contributed by atoms with Crippen molar-refractivity contribution in [2.24, 2.45) is 16.8 Å². The molecule has 1 atom stereocenters. The van der Waals surface area contributed by atoms with Crippen molar-refractivity contribution in [2.45, 2.75) is 53.0 Å². The highest BCUT2D eigenvalue weighted by atomic mass is 127. The molecule has 0 aromatic heterocycles. The maximum Gasteiger partial charge on any atom is 0.407 e. The lowest BCUT2D eigenvalue weighted by molar-refractivity contribution is 0.147. The molecule has 1 unspecified atom stereocenters. The topological polar surface area (TPSA) is 74.8 Å². The summed E-state index contributed by atoms with van der Waals surface area (Å²) in [5.41, 5.74) is 0. The standard InChI is InChI=1S/C16H32N4O2.HI/c1-5-17-15(18-10-9-12(3)4)19-11-14(13-7-8-13)20-16(21)22-6-2;/h12-14H,5-11H2,1-4H3,(H,20,21)(H2,17,18,19);1H. The van der Waals surface area contributed by atoms with E-state index in [1.165, 1.54) is 0 Å². The van der Waals surface area contributed by atoms with Gasteiger partial charge in [0.05, 0.1) is 19.2 Å². The molecule has 0 aromatic rings. The molecule has 0 bridgehead atoms. The summed E-state index contributed by atoms with van der Waals surface area (Å²) in [7, 11) is 0. The molecule has 1 saturated carbocycles. The number of hydrogen-bond acceptors (Lipinski definition) is 3. The molecular weight excluding hydrogens is 407 g/mol. The predicted molar refractivity (Wildman–Crippen MR) is 106 cm³/mol. The smallest absolute Gasteiger partial charge is 0.407 e. The average molecular weight is 440 g/mol. The highest BCUT2D eigenvalue weighted by molar-refractivity contribution is 14.0. The molecule has 1 aliphatic carbocycles. The number of amides is 1. The first-order valence-electron chi connectivity index (χ1n) is 8.52. The molecule has 7 heteroatoms. The van der Waals surface area contributed by atoms with Crippen molar-refractivity contribution in [1.29, 1.82) is 0 Å². The van der Waals surface area contributed by atoms with Crippen molar-refractivity contribution in [3.05, 3.63) is 0 Å². The van der Waals surface area contributed by atoms with Gasteiger partial charge in [-0.1, -0.05) is 13.8 Å². The number of halogens is 1. The molecule has 0 spiro atoms. The van der Waals surface area contributed by atoms with E-state index in [1.54, 1.807) is 0 Å². The number of guanidine groups is 1.